The van der Waals surface area contributed by atoms with Crippen molar-refractivity contribution >= 4 is 17.8 Å². The van der Waals surface area contributed by atoms with E-state index in [0.29, 0.717) is 12.1 Å². The van der Waals surface area contributed by atoms with Gasteiger partial charge in [-0.2, -0.15) is 5.10 Å². The van der Waals surface area contributed by atoms with Crippen LogP contribution in [0.5, 0.6) is 11.5 Å². The average Bonchev–Trinajstić information content (AvgIpc) is 2.81. The number of nitro groups is 1. The van der Waals surface area contributed by atoms with Gasteiger partial charge in [-0.3, -0.25) is 19.7 Å². The molecule has 3 rings (SSSR count). The zero-order valence-corrected chi connectivity index (χ0v) is 18.1. The highest BCUT2D eigenvalue weighted by molar-refractivity contribution is 5.94. The molecule has 1 N–H and O–H groups in total. The molecule has 0 bridgehead atoms. The fourth-order valence-corrected chi connectivity index (χ4v) is 3.10. The Balaban J connectivity index is 1.79. The van der Waals surface area contributed by atoms with E-state index in [1.165, 1.54) is 36.1 Å². The number of amides is 1. The minimum Gasteiger partial charge on any atom is -0.493 e. The van der Waals surface area contributed by atoms with Gasteiger partial charge in [0.25, 0.3) is 11.5 Å². The van der Waals surface area contributed by atoms with Gasteiger partial charge < -0.3 is 14.0 Å². The largest absolute Gasteiger partial charge is 0.493 e. The van der Waals surface area contributed by atoms with Gasteiger partial charge in [0.1, 0.15) is 5.56 Å². The average molecular weight is 450 g/mol. The highest BCUT2D eigenvalue weighted by atomic mass is 16.6. The lowest BCUT2D eigenvalue weighted by molar-refractivity contribution is -0.385. The Bertz CT molecular complexity index is 1240. The quantitative estimate of drug-likeness (QED) is 0.304. The molecule has 10 nitrogen and oxygen atoms in total. The second kappa shape index (κ2) is 10.7. The maximum Gasteiger partial charge on any atom is 0.315 e. The second-order valence-corrected chi connectivity index (χ2v) is 6.80. The lowest BCUT2D eigenvalue weighted by Crippen LogP contribution is -2.30. The Hall–Kier alpha value is -4.47. The van der Waals surface area contributed by atoms with E-state index in [4.69, 9.17) is 9.47 Å². The number of nitro benzene ring substituents is 1. The molecule has 0 spiro atoms. The van der Waals surface area contributed by atoms with Gasteiger partial charge in [0.05, 0.1) is 31.4 Å². The summed E-state index contributed by atoms with van der Waals surface area (Å²) >= 11 is 0. The fourth-order valence-electron chi connectivity index (χ4n) is 3.10. The van der Waals surface area contributed by atoms with Gasteiger partial charge in [0, 0.05) is 17.8 Å². The molecule has 10 heteroatoms. The first-order valence-electron chi connectivity index (χ1n) is 10.0. The monoisotopic (exact) mass is 450 g/mol. The molecule has 3 aromatic rings. The summed E-state index contributed by atoms with van der Waals surface area (Å²) in [5, 5.41) is 15.2. The van der Waals surface area contributed by atoms with Crippen molar-refractivity contribution in [3.63, 3.8) is 0 Å². The van der Waals surface area contributed by atoms with Gasteiger partial charge in [-0.05, 0) is 30.7 Å². The third-order valence-corrected chi connectivity index (χ3v) is 4.60. The minimum atomic E-state index is -0.703. The van der Waals surface area contributed by atoms with Crippen molar-refractivity contribution in [1.29, 1.82) is 0 Å². The van der Waals surface area contributed by atoms with Crippen molar-refractivity contribution in [2.45, 2.75) is 13.5 Å². The molecular weight excluding hydrogens is 428 g/mol. The summed E-state index contributed by atoms with van der Waals surface area (Å²) in [5.41, 5.74) is 2.66. The number of hydrogen-bond acceptors (Lipinski definition) is 7. The number of carbonyl (C=O) groups is 1. The summed E-state index contributed by atoms with van der Waals surface area (Å²) in [7, 11) is 1.36. The first-order valence-corrected chi connectivity index (χ1v) is 10.0. The van der Waals surface area contributed by atoms with Crippen LogP contribution in [0.15, 0.2) is 70.7 Å². The minimum absolute atomic E-state index is 0.00874. The molecule has 0 aliphatic carbocycles. The molecule has 1 amide bonds. The molecule has 1 aromatic heterocycles. The third-order valence-electron chi connectivity index (χ3n) is 4.60. The molecule has 0 radical (unpaired) electrons. The van der Waals surface area contributed by atoms with Gasteiger partial charge in [0.2, 0.25) is 5.75 Å². The molecule has 1 heterocycles. The lowest BCUT2D eigenvalue weighted by atomic mass is 10.2. The van der Waals surface area contributed by atoms with Crippen molar-refractivity contribution < 1.29 is 19.2 Å². The number of aromatic nitrogens is 1. The van der Waals surface area contributed by atoms with E-state index in [-0.39, 0.29) is 29.4 Å². The van der Waals surface area contributed by atoms with Gasteiger partial charge in [-0.15, -0.1) is 0 Å². The number of hydrazone groups is 1. The first-order chi connectivity index (χ1) is 15.9. The molecule has 2 aromatic carbocycles. The van der Waals surface area contributed by atoms with Crippen LogP contribution in [-0.2, 0) is 6.54 Å². The molecule has 0 aliphatic rings. The van der Waals surface area contributed by atoms with Crippen LogP contribution >= 0.6 is 0 Å². The summed E-state index contributed by atoms with van der Waals surface area (Å²) < 4.78 is 11.9. The van der Waals surface area contributed by atoms with E-state index in [1.807, 2.05) is 30.3 Å². The Morgan fingerprint density at radius 3 is 2.64 bits per heavy atom. The summed E-state index contributed by atoms with van der Waals surface area (Å²) in [6.07, 6.45) is 2.81. The zero-order chi connectivity index (χ0) is 23.8. The van der Waals surface area contributed by atoms with E-state index in [1.54, 1.807) is 19.2 Å². The maximum atomic E-state index is 12.7. The van der Waals surface area contributed by atoms with E-state index in [2.05, 4.69) is 10.5 Å². The highest BCUT2D eigenvalue weighted by Gasteiger charge is 2.21. The lowest BCUT2D eigenvalue weighted by Gasteiger charge is -2.10. The Morgan fingerprint density at radius 2 is 1.97 bits per heavy atom. The van der Waals surface area contributed by atoms with Crippen LogP contribution in [0.25, 0.3) is 0 Å². The van der Waals surface area contributed by atoms with Crippen molar-refractivity contribution in [3.8, 4) is 11.5 Å². The van der Waals surface area contributed by atoms with Crippen LogP contribution in [0.3, 0.4) is 0 Å². The fraction of sp³-hybridized carbons (Fsp3) is 0.174. The summed E-state index contributed by atoms with van der Waals surface area (Å²) in [6.45, 7) is 2.24. The Morgan fingerprint density at radius 1 is 1.21 bits per heavy atom. The van der Waals surface area contributed by atoms with E-state index in [0.717, 1.165) is 5.56 Å². The van der Waals surface area contributed by atoms with Crippen LogP contribution in [0.4, 0.5) is 5.69 Å². The molecule has 0 atom stereocenters. The smallest absolute Gasteiger partial charge is 0.315 e. The van der Waals surface area contributed by atoms with Crippen molar-refractivity contribution in [2.24, 2.45) is 5.10 Å². The van der Waals surface area contributed by atoms with Crippen molar-refractivity contribution in [2.75, 3.05) is 13.7 Å². The molecule has 0 aliphatic heterocycles. The zero-order valence-electron chi connectivity index (χ0n) is 18.1. The van der Waals surface area contributed by atoms with Crippen LogP contribution in [0.1, 0.15) is 28.4 Å². The third kappa shape index (κ3) is 5.62. The molecular formula is C23H22N4O6. The van der Waals surface area contributed by atoms with E-state index < -0.39 is 16.4 Å². The number of methoxy groups -OCH3 is 1. The van der Waals surface area contributed by atoms with Crippen LogP contribution < -0.4 is 20.5 Å². The SMILES string of the molecule is CCOc1c(OC)cc(/C=N\NC(=O)c2cccn(Cc3ccccc3)c2=O)cc1[N+](=O)[O-]. The molecule has 0 saturated heterocycles. The second-order valence-electron chi connectivity index (χ2n) is 6.80. The molecule has 0 unspecified atom stereocenters. The number of pyridine rings is 1. The summed E-state index contributed by atoms with van der Waals surface area (Å²) in [4.78, 5) is 36.0. The predicted molar refractivity (Wildman–Crippen MR) is 122 cm³/mol. The summed E-state index contributed by atoms with van der Waals surface area (Å²) in [5.74, 6) is -0.536. The summed E-state index contributed by atoms with van der Waals surface area (Å²) in [6, 6.07) is 15.1. The molecule has 0 fully saturated rings. The van der Waals surface area contributed by atoms with Gasteiger partial charge in [0.15, 0.2) is 5.75 Å². The molecule has 0 saturated carbocycles. The number of benzene rings is 2. The van der Waals surface area contributed by atoms with Gasteiger partial charge in [-0.25, -0.2) is 5.43 Å². The maximum absolute atomic E-state index is 12.7. The van der Waals surface area contributed by atoms with Crippen LogP contribution in [0.2, 0.25) is 0 Å². The topological polar surface area (TPSA) is 125 Å². The van der Waals surface area contributed by atoms with E-state index >= 15 is 0 Å². The number of ether oxygens (including phenoxy) is 2. The van der Waals surface area contributed by atoms with Crippen LogP contribution in [0, 0.1) is 10.1 Å². The number of nitrogens with zero attached hydrogens (tertiary/aromatic N) is 3. The van der Waals surface area contributed by atoms with Crippen molar-refractivity contribution in [1.82, 2.24) is 9.99 Å². The highest BCUT2D eigenvalue weighted by Crippen LogP contribution is 2.37. The first kappa shape index (κ1) is 23.2. The normalized spacial score (nSPS) is 10.7. The van der Waals surface area contributed by atoms with Crippen LogP contribution in [-0.4, -0.2) is 35.3 Å². The van der Waals surface area contributed by atoms with E-state index in [9.17, 15) is 19.7 Å². The van der Waals surface area contributed by atoms with Gasteiger partial charge in [-0.1, -0.05) is 30.3 Å². The molecule has 33 heavy (non-hydrogen) atoms. The number of nitrogens with one attached hydrogen (secondary N) is 1. The Kier molecular flexibility index (Phi) is 7.53. The predicted octanol–water partition coefficient (Wildman–Crippen LogP) is 2.98. The number of rotatable bonds is 9. The standard InChI is InChI=1S/C23H22N4O6/c1-3-33-21-19(27(30)31)12-17(13-20(21)32-2)14-24-25-22(28)18-10-7-11-26(23(18)29)15-16-8-5-4-6-9-16/h4-14H,3,15H2,1-2H3,(H,25,28)/b24-14-. The number of carbonyl (C=O) groups excluding carboxylic acids is 1. The number of hydrogen-bond donors (Lipinski definition) is 1. The van der Waals surface area contributed by atoms with Crippen molar-refractivity contribution in [3.05, 3.63) is 98.0 Å². The van der Waals surface area contributed by atoms with Gasteiger partial charge >= 0.3 is 5.69 Å². The Labute approximate surface area is 189 Å². The molecule has 170 valence electrons.